The zero-order valence-corrected chi connectivity index (χ0v) is 13.0. The van der Waals surface area contributed by atoms with E-state index in [1.807, 2.05) is 32.0 Å². The van der Waals surface area contributed by atoms with Gasteiger partial charge in [0.15, 0.2) is 0 Å². The Morgan fingerprint density at radius 3 is 2.43 bits per heavy atom. The molecule has 0 spiro atoms. The lowest BCUT2D eigenvalue weighted by Crippen LogP contribution is -2.27. The molecule has 1 aromatic heterocycles. The summed E-state index contributed by atoms with van der Waals surface area (Å²) in [6.45, 7) is 5.74. The van der Waals surface area contributed by atoms with Gasteiger partial charge in [-0.25, -0.2) is 13.1 Å². The predicted molar refractivity (Wildman–Crippen MR) is 81.7 cm³/mol. The lowest BCUT2D eigenvalue weighted by atomic mass is 10.0. The molecule has 0 fully saturated rings. The smallest absolute Gasteiger partial charge is 0.247 e. The number of hydrogen-bond donors (Lipinski definition) is 2. The van der Waals surface area contributed by atoms with Crippen LogP contribution in [0.2, 0.25) is 0 Å². The van der Waals surface area contributed by atoms with E-state index in [1.54, 1.807) is 6.92 Å². The second kappa shape index (κ2) is 5.83. The van der Waals surface area contributed by atoms with Crippen molar-refractivity contribution in [2.24, 2.45) is 0 Å². The zero-order valence-electron chi connectivity index (χ0n) is 12.2. The molecule has 0 saturated heterocycles. The van der Waals surface area contributed by atoms with Crippen LogP contribution in [0.25, 0.3) is 0 Å². The number of sulfonamides is 1. The molecule has 2 N–H and O–H groups in total. The molecule has 6 heteroatoms. The highest BCUT2D eigenvalue weighted by Gasteiger charge is 2.19. The van der Waals surface area contributed by atoms with Crippen molar-refractivity contribution in [3.8, 4) is 0 Å². The Morgan fingerprint density at radius 1 is 1.14 bits per heavy atom. The van der Waals surface area contributed by atoms with E-state index in [0.717, 1.165) is 16.7 Å². The Balaban J connectivity index is 2.27. The minimum Gasteiger partial charge on any atom is -0.328 e. The van der Waals surface area contributed by atoms with Crippen molar-refractivity contribution in [1.29, 1.82) is 0 Å². The van der Waals surface area contributed by atoms with Gasteiger partial charge in [0.1, 0.15) is 0 Å². The van der Waals surface area contributed by atoms with Gasteiger partial charge in [0.05, 0.1) is 4.90 Å². The summed E-state index contributed by atoms with van der Waals surface area (Å²) in [7, 11) is -3.67. The Bertz CT molecular complexity index is 789. The van der Waals surface area contributed by atoms with Crippen molar-refractivity contribution in [2.75, 3.05) is 0 Å². The number of benzene rings is 1. The van der Waals surface area contributed by atoms with Crippen LogP contribution >= 0.6 is 0 Å². The number of aryl methyl sites for hydroxylation is 2. The molecule has 1 aromatic carbocycles. The van der Waals surface area contributed by atoms with Crippen molar-refractivity contribution in [3.63, 3.8) is 0 Å². The number of rotatable bonds is 4. The third-order valence-electron chi connectivity index (χ3n) is 3.29. The van der Waals surface area contributed by atoms with E-state index in [0.29, 0.717) is 0 Å². The molecule has 5 nitrogen and oxygen atoms in total. The first kappa shape index (κ1) is 15.5. The molecular weight excluding hydrogens is 288 g/mol. The average molecular weight is 306 g/mol. The average Bonchev–Trinajstić information content (AvgIpc) is 2.38. The van der Waals surface area contributed by atoms with Gasteiger partial charge >= 0.3 is 0 Å². The first-order chi connectivity index (χ1) is 9.79. The summed E-state index contributed by atoms with van der Waals surface area (Å²) < 4.78 is 27.2. The maximum Gasteiger partial charge on any atom is 0.247 e. The quantitative estimate of drug-likeness (QED) is 0.907. The van der Waals surface area contributed by atoms with Crippen LogP contribution in [0, 0.1) is 13.8 Å². The minimum atomic E-state index is -3.67. The summed E-state index contributed by atoms with van der Waals surface area (Å²) in [5, 5.41) is 0. The van der Waals surface area contributed by atoms with Crippen LogP contribution in [-0.4, -0.2) is 13.4 Å². The molecule has 0 aliphatic rings. The van der Waals surface area contributed by atoms with Crippen LogP contribution in [0.3, 0.4) is 0 Å². The molecule has 0 radical (unpaired) electrons. The monoisotopic (exact) mass is 306 g/mol. The van der Waals surface area contributed by atoms with E-state index in [1.165, 1.54) is 18.3 Å². The second-order valence-electron chi connectivity index (χ2n) is 5.09. The Hall–Kier alpha value is -1.92. The number of hydrogen-bond acceptors (Lipinski definition) is 3. The molecule has 1 atom stereocenters. The third kappa shape index (κ3) is 3.59. The van der Waals surface area contributed by atoms with Gasteiger partial charge in [-0.05, 0) is 38.0 Å². The normalized spacial score (nSPS) is 13.1. The molecule has 1 unspecified atom stereocenters. The number of nitrogens with one attached hydrogen (secondary N) is 2. The van der Waals surface area contributed by atoms with Crippen molar-refractivity contribution in [3.05, 3.63) is 63.6 Å². The van der Waals surface area contributed by atoms with Crippen LogP contribution in [0.1, 0.15) is 29.7 Å². The van der Waals surface area contributed by atoms with Crippen LogP contribution < -0.4 is 10.3 Å². The lowest BCUT2D eigenvalue weighted by Gasteiger charge is -2.17. The van der Waals surface area contributed by atoms with E-state index >= 15 is 0 Å². The number of aromatic amines is 1. The van der Waals surface area contributed by atoms with Gasteiger partial charge in [0, 0.05) is 18.3 Å². The molecule has 21 heavy (non-hydrogen) atoms. The SMILES string of the molecule is Cc1ccc(C(C)NS(=O)(=O)c2ccc(=O)[nH]c2)c(C)c1. The van der Waals surface area contributed by atoms with Crippen LogP contribution in [0.15, 0.2) is 46.2 Å². The molecule has 1 heterocycles. The van der Waals surface area contributed by atoms with E-state index in [4.69, 9.17) is 0 Å². The molecule has 2 rings (SSSR count). The highest BCUT2D eigenvalue weighted by atomic mass is 32.2. The summed E-state index contributed by atoms with van der Waals surface area (Å²) in [4.78, 5) is 13.4. The van der Waals surface area contributed by atoms with E-state index < -0.39 is 10.0 Å². The second-order valence-corrected chi connectivity index (χ2v) is 6.81. The van der Waals surface area contributed by atoms with Gasteiger partial charge < -0.3 is 4.98 Å². The highest BCUT2D eigenvalue weighted by molar-refractivity contribution is 7.89. The van der Waals surface area contributed by atoms with E-state index in [-0.39, 0.29) is 16.5 Å². The van der Waals surface area contributed by atoms with Crippen molar-refractivity contribution in [1.82, 2.24) is 9.71 Å². The molecular formula is C15H18N2O3S. The topological polar surface area (TPSA) is 79.0 Å². The van der Waals surface area contributed by atoms with Crippen molar-refractivity contribution < 1.29 is 8.42 Å². The van der Waals surface area contributed by atoms with Gasteiger partial charge in [-0.2, -0.15) is 0 Å². The Kier molecular flexibility index (Phi) is 4.29. The first-order valence-electron chi connectivity index (χ1n) is 6.58. The summed E-state index contributed by atoms with van der Waals surface area (Å²) in [6, 6.07) is 8.01. The van der Waals surface area contributed by atoms with Crippen LogP contribution in [0.5, 0.6) is 0 Å². The molecule has 0 amide bonds. The Morgan fingerprint density at radius 2 is 1.86 bits per heavy atom. The predicted octanol–water partition coefficient (Wildman–Crippen LogP) is 2.03. The standard InChI is InChI=1S/C15H18N2O3S/c1-10-4-6-14(11(2)8-10)12(3)17-21(19,20)13-5-7-15(18)16-9-13/h4-9,12,17H,1-3H3,(H,16,18). The number of H-pyrrole nitrogens is 1. The fraction of sp³-hybridized carbons (Fsp3) is 0.267. The molecule has 0 aliphatic carbocycles. The fourth-order valence-corrected chi connectivity index (χ4v) is 3.43. The highest BCUT2D eigenvalue weighted by Crippen LogP contribution is 2.20. The maximum atomic E-state index is 12.3. The van der Waals surface area contributed by atoms with Gasteiger partial charge in [0.25, 0.3) is 0 Å². The Labute approximate surface area is 124 Å². The summed E-state index contributed by atoms with van der Waals surface area (Å²) in [5.74, 6) is 0. The molecule has 2 aromatic rings. The van der Waals surface area contributed by atoms with Gasteiger partial charge in [-0.3, -0.25) is 4.79 Å². The fourth-order valence-electron chi connectivity index (χ4n) is 2.24. The molecule has 0 saturated carbocycles. The largest absolute Gasteiger partial charge is 0.328 e. The van der Waals surface area contributed by atoms with Crippen molar-refractivity contribution >= 4 is 10.0 Å². The third-order valence-corrected chi connectivity index (χ3v) is 4.83. The molecule has 0 bridgehead atoms. The summed E-state index contributed by atoms with van der Waals surface area (Å²) in [5.41, 5.74) is 2.75. The summed E-state index contributed by atoms with van der Waals surface area (Å²) >= 11 is 0. The molecule has 0 aliphatic heterocycles. The van der Waals surface area contributed by atoms with Crippen molar-refractivity contribution in [2.45, 2.75) is 31.7 Å². The number of aromatic nitrogens is 1. The van der Waals surface area contributed by atoms with E-state index in [2.05, 4.69) is 9.71 Å². The number of pyridine rings is 1. The zero-order chi connectivity index (χ0) is 15.6. The van der Waals surface area contributed by atoms with Crippen LogP contribution in [-0.2, 0) is 10.0 Å². The van der Waals surface area contributed by atoms with E-state index in [9.17, 15) is 13.2 Å². The van der Waals surface area contributed by atoms with Gasteiger partial charge in [0.2, 0.25) is 15.6 Å². The van der Waals surface area contributed by atoms with Gasteiger partial charge in [-0.1, -0.05) is 23.8 Å². The van der Waals surface area contributed by atoms with Crippen LogP contribution in [0.4, 0.5) is 0 Å². The maximum absolute atomic E-state index is 12.3. The molecule has 112 valence electrons. The van der Waals surface area contributed by atoms with Gasteiger partial charge in [-0.15, -0.1) is 0 Å². The first-order valence-corrected chi connectivity index (χ1v) is 8.06. The minimum absolute atomic E-state index is 0.0405. The summed E-state index contributed by atoms with van der Waals surface area (Å²) in [6.07, 6.45) is 1.19. The lowest BCUT2D eigenvalue weighted by molar-refractivity contribution is 0.566.